The van der Waals surface area contributed by atoms with Gasteiger partial charge in [0.05, 0.1) is 6.10 Å². The number of aliphatic hydroxyl groups excluding tert-OH is 1. The summed E-state index contributed by atoms with van der Waals surface area (Å²) in [5.74, 6) is -0.793. The molecule has 0 heterocycles. The fraction of sp³-hybridized carbons (Fsp3) is 0.722. The lowest BCUT2D eigenvalue weighted by Crippen LogP contribution is -2.17. The molecule has 0 aromatic rings. The second-order valence-corrected chi connectivity index (χ2v) is 11.1. The van der Waals surface area contributed by atoms with Crippen molar-refractivity contribution in [1.82, 2.24) is 0 Å². The molecule has 0 aliphatic heterocycles. The summed E-state index contributed by atoms with van der Waals surface area (Å²) in [6, 6.07) is 0. The number of carbonyl (C=O) groups excluding carboxylic acids is 1. The fourth-order valence-electron chi connectivity index (χ4n) is 4.68. The number of rotatable bonds is 29. The Morgan fingerprint density at radius 1 is 0.585 bits per heavy atom. The predicted molar refractivity (Wildman–Crippen MR) is 173 cm³/mol. The third-order valence-corrected chi connectivity index (χ3v) is 7.12. The number of carboxylic acid groups (broad SMARTS) is 1. The van der Waals surface area contributed by atoms with E-state index in [4.69, 9.17) is 9.84 Å². The summed E-state index contributed by atoms with van der Waals surface area (Å²) in [7, 11) is 0. The first-order valence-electron chi connectivity index (χ1n) is 16.7. The number of carboxylic acids is 1. The second kappa shape index (κ2) is 30.8. The molecule has 0 aliphatic carbocycles. The first kappa shape index (κ1) is 38.9. The van der Waals surface area contributed by atoms with Crippen LogP contribution in [0.1, 0.15) is 155 Å². The SMILES string of the molecule is CC/C=C\C/C=C\CC(O)CCCCCCCCC(=O)OC(C/C=C\C/C=C\CC)CCCCCCCCC(=O)O. The van der Waals surface area contributed by atoms with E-state index in [0.717, 1.165) is 128 Å². The van der Waals surface area contributed by atoms with Gasteiger partial charge in [0, 0.05) is 19.3 Å². The van der Waals surface area contributed by atoms with Gasteiger partial charge in [-0.05, 0) is 64.2 Å². The van der Waals surface area contributed by atoms with Gasteiger partial charge in [-0.25, -0.2) is 0 Å². The number of allylic oxidation sites excluding steroid dienone is 6. The van der Waals surface area contributed by atoms with E-state index in [1.165, 1.54) is 0 Å². The quantitative estimate of drug-likeness (QED) is 0.0527. The molecule has 236 valence electrons. The minimum Gasteiger partial charge on any atom is -0.481 e. The minimum atomic E-state index is -0.713. The summed E-state index contributed by atoms with van der Waals surface area (Å²) in [5.41, 5.74) is 0. The molecule has 5 heteroatoms. The standard InChI is InChI=1S/C36H62O5/c1-3-5-7-9-15-21-27-33(37)28-22-16-11-14-20-26-32-36(40)41-34(29-23-17-10-8-6-4-2)30-24-18-12-13-19-25-31-35(38)39/h5-8,15,17,21,23,33-34,37H,3-4,9-14,16,18-20,22,24-32H2,1-2H3,(H,38,39)/b7-5-,8-6-,21-15-,23-17-. The summed E-state index contributed by atoms with van der Waals surface area (Å²) in [5, 5.41) is 18.8. The molecule has 2 atom stereocenters. The summed E-state index contributed by atoms with van der Waals surface area (Å²) in [6.45, 7) is 4.26. The second-order valence-electron chi connectivity index (χ2n) is 11.1. The highest BCUT2D eigenvalue weighted by Gasteiger charge is 2.13. The fourth-order valence-corrected chi connectivity index (χ4v) is 4.68. The first-order chi connectivity index (χ1) is 20.0. The Morgan fingerprint density at radius 2 is 1.05 bits per heavy atom. The van der Waals surface area contributed by atoms with Crippen LogP contribution in [-0.4, -0.2) is 34.4 Å². The number of aliphatic hydroxyl groups is 1. The van der Waals surface area contributed by atoms with E-state index in [2.05, 4.69) is 62.5 Å². The van der Waals surface area contributed by atoms with Crippen LogP contribution >= 0.6 is 0 Å². The Balaban J connectivity index is 4.08. The average Bonchev–Trinajstić information content (AvgIpc) is 2.94. The molecule has 0 aliphatic rings. The number of carbonyl (C=O) groups is 2. The van der Waals surface area contributed by atoms with Crippen molar-refractivity contribution < 1.29 is 24.5 Å². The van der Waals surface area contributed by atoms with Crippen LogP contribution in [0.25, 0.3) is 0 Å². The molecule has 0 amide bonds. The molecule has 2 unspecified atom stereocenters. The van der Waals surface area contributed by atoms with Crippen molar-refractivity contribution in [1.29, 1.82) is 0 Å². The van der Waals surface area contributed by atoms with Gasteiger partial charge in [-0.1, -0.05) is 120 Å². The Labute approximate surface area is 252 Å². The Kier molecular flexibility index (Phi) is 29.2. The van der Waals surface area contributed by atoms with Crippen LogP contribution in [0.2, 0.25) is 0 Å². The number of hydrogen-bond donors (Lipinski definition) is 2. The number of esters is 1. The van der Waals surface area contributed by atoms with E-state index in [-0.39, 0.29) is 24.6 Å². The van der Waals surface area contributed by atoms with Gasteiger partial charge in [-0.3, -0.25) is 9.59 Å². The van der Waals surface area contributed by atoms with Crippen LogP contribution in [-0.2, 0) is 14.3 Å². The molecule has 0 radical (unpaired) electrons. The van der Waals surface area contributed by atoms with Gasteiger partial charge in [0.2, 0.25) is 0 Å². The molecule has 0 aromatic heterocycles. The third kappa shape index (κ3) is 30.6. The van der Waals surface area contributed by atoms with E-state index in [1.54, 1.807) is 0 Å². The lowest BCUT2D eigenvalue weighted by atomic mass is 10.0. The van der Waals surface area contributed by atoms with Gasteiger partial charge < -0.3 is 14.9 Å². The maximum absolute atomic E-state index is 12.5. The largest absolute Gasteiger partial charge is 0.481 e. The topological polar surface area (TPSA) is 83.8 Å². The van der Waals surface area contributed by atoms with Crippen LogP contribution in [0, 0.1) is 0 Å². The van der Waals surface area contributed by atoms with Crippen LogP contribution in [0.5, 0.6) is 0 Å². The zero-order valence-electron chi connectivity index (χ0n) is 26.4. The molecule has 0 aromatic carbocycles. The van der Waals surface area contributed by atoms with E-state index >= 15 is 0 Å². The van der Waals surface area contributed by atoms with Crippen molar-refractivity contribution in [3.63, 3.8) is 0 Å². The van der Waals surface area contributed by atoms with Crippen molar-refractivity contribution in [2.24, 2.45) is 0 Å². The van der Waals surface area contributed by atoms with Gasteiger partial charge in [-0.2, -0.15) is 0 Å². The maximum atomic E-state index is 12.5. The molecule has 2 N–H and O–H groups in total. The number of aliphatic carboxylic acids is 1. The maximum Gasteiger partial charge on any atom is 0.306 e. The van der Waals surface area contributed by atoms with Crippen molar-refractivity contribution in [3.05, 3.63) is 48.6 Å². The van der Waals surface area contributed by atoms with Gasteiger partial charge >= 0.3 is 11.9 Å². The Morgan fingerprint density at radius 3 is 1.61 bits per heavy atom. The van der Waals surface area contributed by atoms with Crippen molar-refractivity contribution in [3.8, 4) is 0 Å². The Hall–Kier alpha value is -2.14. The predicted octanol–water partition coefficient (Wildman–Crippen LogP) is 10.2. The monoisotopic (exact) mass is 574 g/mol. The molecular formula is C36H62O5. The number of unbranched alkanes of at least 4 members (excludes halogenated alkanes) is 10. The molecule has 0 bridgehead atoms. The highest BCUT2D eigenvalue weighted by Crippen LogP contribution is 2.16. The van der Waals surface area contributed by atoms with Gasteiger partial charge in [0.25, 0.3) is 0 Å². The zero-order chi connectivity index (χ0) is 30.2. The minimum absolute atomic E-state index is 0.0602. The van der Waals surface area contributed by atoms with Gasteiger partial charge in [0.15, 0.2) is 0 Å². The van der Waals surface area contributed by atoms with Crippen molar-refractivity contribution >= 4 is 11.9 Å². The molecular weight excluding hydrogens is 512 g/mol. The smallest absolute Gasteiger partial charge is 0.306 e. The highest BCUT2D eigenvalue weighted by atomic mass is 16.5. The highest BCUT2D eigenvalue weighted by molar-refractivity contribution is 5.69. The lowest BCUT2D eigenvalue weighted by molar-refractivity contribution is -0.149. The molecule has 0 saturated carbocycles. The Bertz CT molecular complexity index is 721. The molecule has 5 nitrogen and oxygen atoms in total. The number of hydrogen-bond acceptors (Lipinski definition) is 4. The van der Waals surface area contributed by atoms with Crippen LogP contribution in [0.3, 0.4) is 0 Å². The molecule has 0 rings (SSSR count). The molecule has 0 saturated heterocycles. The number of ether oxygens (including phenoxy) is 1. The summed E-state index contributed by atoms with van der Waals surface area (Å²) >= 11 is 0. The van der Waals surface area contributed by atoms with E-state index in [1.807, 2.05) is 0 Å². The van der Waals surface area contributed by atoms with E-state index in [0.29, 0.717) is 6.42 Å². The summed E-state index contributed by atoms with van der Waals surface area (Å²) in [4.78, 5) is 23.1. The molecule has 0 spiro atoms. The lowest BCUT2D eigenvalue weighted by Gasteiger charge is -2.16. The average molecular weight is 575 g/mol. The summed E-state index contributed by atoms with van der Waals surface area (Å²) < 4.78 is 5.87. The van der Waals surface area contributed by atoms with Gasteiger partial charge in [0.1, 0.15) is 6.10 Å². The first-order valence-corrected chi connectivity index (χ1v) is 16.7. The van der Waals surface area contributed by atoms with Crippen LogP contribution < -0.4 is 0 Å². The molecule has 0 fully saturated rings. The molecule has 41 heavy (non-hydrogen) atoms. The van der Waals surface area contributed by atoms with E-state index < -0.39 is 5.97 Å². The third-order valence-electron chi connectivity index (χ3n) is 7.12. The van der Waals surface area contributed by atoms with Crippen molar-refractivity contribution in [2.75, 3.05) is 0 Å². The normalized spacial score (nSPS) is 13.6. The van der Waals surface area contributed by atoms with Gasteiger partial charge in [-0.15, -0.1) is 0 Å². The van der Waals surface area contributed by atoms with Crippen LogP contribution in [0.4, 0.5) is 0 Å². The van der Waals surface area contributed by atoms with Crippen molar-refractivity contribution in [2.45, 2.75) is 167 Å². The summed E-state index contributed by atoms with van der Waals surface area (Å²) in [6.07, 6.45) is 37.2. The van der Waals surface area contributed by atoms with E-state index in [9.17, 15) is 14.7 Å². The van der Waals surface area contributed by atoms with Crippen LogP contribution in [0.15, 0.2) is 48.6 Å². The zero-order valence-corrected chi connectivity index (χ0v) is 26.4.